The van der Waals surface area contributed by atoms with E-state index >= 15 is 0 Å². The monoisotopic (exact) mass is 251 g/mol. The van der Waals surface area contributed by atoms with E-state index in [0.29, 0.717) is 18.1 Å². The smallest absolute Gasteiger partial charge is 0.135 e. The maximum atomic E-state index is 13.6. The van der Waals surface area contributed by atoms with Crippen molar-refractivity contribution in [2.45, 2.75) is 19.3 Å². The number of nitrogens with one attached hydrogen (secondary N) is 1. The van der Waals surface area contributed by atoms with E-state index in [1.165, 1.54) is 24.4 Å². The summed E-state index contributed by atoms with van der Waals surface area (Å²) in [6, 6.07) is 3.78. The summed E-state index contributed by atoms with van der Waals surface area (Å²) in [7, 11) is 0. The largest absolute Gasteiger partial charge is 0.342 e. The van der Waals surface area contributed by atoms with Crippen LogP contribution in [0.5, 0.6) is 0 Å². The van der Waals surface area contributed by atoms with E-state index < -0.39 is 11.6 Å². The first-order valence-corrected chi connectivity index (χ1v) is 5.86. The Kier molecular flexibility index (Phi) is 3.72. The van der Waals surface area contributed by atoms with Gasteiger partial charge in [0.25, 0.3) is 0 Å². The van der Waals surface area contributed by atoms with Gasteiger partial charge in [0.15, 0.2) is 0 Å². The minimum absolute atomic E-state index is 0.0774. The van der Waals surface area contributed by atoms with Crippen LogP contribution in [0.15, 0.2) is 24.4 Å². The average molecular weight is 251 g/mol. The second kappa shape index (κ2) is 5.27. The third-order valence-corrected chi connectivity index (χ3v) is 2.99. The molecule has 3 nitrogen and oxygen atoms in total. The van der Waals surface area contributed by atoms with Crippen molar-refractivity contribution in [2.24, 2.45) is 5.73 Å². The Labute approximate surface area is 104 Å². The summed E-state index contributed by atoms with van der Waals surface area (Å²) in [6.45, 7) is 2.44. The molecule has 0 spiro atoms. The molecule has 5 heteroatoms. The van der Waals surface area contributed by atoms with Gasteiger partial charge >= 0.3 is 0 Å². The summed E-state index contributed by atoms with van der Waals surface area (Å²) in [5.74, 6) is -0.469. The van der Waals surface area contributed by atoms with Gasteiger partial charge in [0.05, 0.1) is 17.5 Å². The summed E-state index contributed by atoms with van der Waals surface area (Å²) in [4.78, 5) is 7.09. The third-order valence-electron chi connectivity index (χ3n) is 2.99. The number of imidazole rings is 1. The number of nitrogens with zero attached hydrogens (tertiary/aromatic N) is 1. The molecule has 18 heavy (non-hydrogen) atoms. The normalized spacial score (nSPS) is 12.7. The highest BCUT2D eigenvalue weighted by molar-refractivity contribution is 5.60. The fraction of sp³-hybridized carbons (Fsp3) is 0.308. The van der Waals surface area contributed by atoms with E-state index in [2.05, 4.69) is 9.97 Å². The van der Waals surface area contributed by atoms with E-state index in [1.54, 1.807) is 0 Å². The van der Waals surface area contributed by atoms with E-state index in [1.807, 2.05) is 6.92 Å². The van der Waals surface area contributed by atoms with Crippen molar-refractivity contribution in [1.82, 2.24) is 9.97 Å². The highest BCUT2D eigenvalue weighted by Gasteiger charge is 2.16. The molecule has 3 N–H and O–H groups in total. The molecule has 0 amide bonds. The zero-order valence-corrected chi connectivity index (χ0v) is 10.1. The zero-order valence-electron chi connectivity index (χ0n) is 10.1. The van der Waals surface area contributed by atoms with Gasteiger partial charge in [-0.3, -0.25) is 0 Å². The minimum atomic E-state index is -0.606. The first kappa shape index (κ1) is 12.7. The van der Waals surface area contributed by atoms with E-state index in [0.717, 1.165) is 6.42 Å². The van der Waals surface area contributed by atoms with E-state index in [-0.39, 0.29) is 11.5 Å². The fourth-order valence-electron chi connectivity index (χ4n) is 1.90. The number of hydrogen-bond acceptors (Lipinski definition) is 2. The molecule has 0 radical (unpaired) electrons. The van der Waals surface area contributed by atoms with Crippen molar-refractivity contribution in [3.8, 4) is 11.3 Å². The van der Waals surface area contributed by atoms with Crippen molar-refractivity contribution in [1.29, 1.82) is 0 Å². The summed E-state index contributed by atoms with van der Waals surface area (Å²) in [5.41, 5.74) is 5.87. The molecule has 1 atom stereocenters. The lowest BCUT2D eigenvalue weighted by molar-refractivity contribution is 0.588. The molecule has 0 aliphatic carbocycles. The lowest BCUT2D eigenvalue weighted by atomic mass is 10.1. The Morgan fingerprint density at radius 1 is 1.33 bits per heavy atom. The zero-order chi connectivity index (χ0) is 13.1. The maximum Gasteiger partial charge on any atom is 0.135 e. The van der Waals surface area contributed by atoms with Crippen molar-refractivity contribution in [3.63, 3.8) is 0 Å². The quantitative estimate of drug-likeness (QED) is 0.877. The topological polar surface area (TPSA) is 54.7 Å². The fourth-order valence-corrected chi connectivity index (χ4v) is 1.90. The predicted molar refractivity (Wildman–Crippen MR) is 66.0 cm³/mol. The van der Waals surface area contributed by atoms with Crippen LogP contribution in [0.25, 0.3) is 11.3 Å². The Balaban J connectivity index is 2.41. The molecular weight excluding hydrogens is 236 g/mol. The van der Waals surface area contributed by atoms with Gasteiger partial charge in [-0.15, -0.1) is 0 Å². The van der Waals surface area contributed by atoms with Crippen molar-refractivity contribution < 1.29 is 8.78 Å². The predicted octanol–water partition coefficient (Wildman–Crippen LogP) is 2.81. The molecule has 0 bridgehead atoms. The van der Waals surface area contributed by atoms with Crippen LogP contribution in [0.1, 0.15) is 25.1 Å². The number of hydrogen-bond donors (Lipinski definition) is 2. The molecule has 0 aliphatic heterocycles. The molecule has 1 unspecified atom stereocenters. The van der Waals surface area contributed by atoms with Gasteiger partial charge in [-0.1, -0.05) is 13.0 Å². The van der Waals surface area contributed by atoms with Gasteiger partial charge in [0, 0.05) is 12.5 Å². The molecule has 2 rings (SSSR count). The Morgan fingerprint density at radius 3 is 2.56 bits per heavy atom. The maximum absolute atomic E-state index is 13.6. The summed E-state index contributed by atoms with van der Waals surface area (Å²) in [5, 5.41) is 0. The lowest BCUT2D eigenvalue weighted by Crippen LogP contribution is -2.12. The van der Waals surface area contributed by atoms with Crippen LogP contribution in [-0.2, 0) is 0 Å². The van der Waals surface area contributed by atoms with Crippen LogP contribution in [0, 0.1) is 11.6 Å². The summed E-state index contributed by atoms with van der Waals surface area (Å²) < 4.78 is 27.2. The number of aromatic nitrogens is 2. The van der Waals surface area contributed by atoms with Gasteiger partial charge in [-0.05, 0) is 18.6 Å². The van der Waals surface area contributed by atoms with Crippen molar-refractivity contribution in [3.05, 3.63) is 41.9 Å². The minimum Gasteiger partial charge on any atom is -0.342 e. The molecule has 1 aromatic heterocycles. The highest BCUT2D eigenvalue weighted by atomic mass is 19.1. The molecule has 1 heterocycles. The van der Waals surface area contributed by atoms with Crippen LogP contribution in [0.3, 0.4) is 0 Å². The van der Waals surface area contributed by atoms with E-state index in [4.69, 9.17) is 5.73 Å². The molecular formula is C13H15F2N3. The molecule has 2 aromatic rings. The Hall–Kier alpha value is -1.75. The Bertz CT molecular complexity index is 513. The van der Waals surface area contributed by atoms with Crippen LogP contribution in [0.2, 0.25) is 0 Å². The summed E-state index contributed by atoms with van der Waals surface area (Å²) in [6.07, 6.45) is 2.26. The van der Waals surface area contributed by atoms with Gasteiger partial charge in [0.1, 0.15) is 17.5 Å². The van der Waals surface area contributed by atoms with Crippen LogP contribution in [0.4, 0.5) is 8.78 Å². The van der Waals surface area contributed by atoms with Gasteiger partial charge < -0.3 is 10.7 Å². The number of rotatable bonds is 4. The number of aromatic amines is 1. The molecule has 0 fully saturated rings. The highest BCUT2D eigenvalue weighted by Crippen LogP contribution is 2.26. The lowest BCUT2D eigenvalue weighted by Gasteiger charge is -2.08. The van der Waals surface area contributed by atoms with Crippen LogP contribution < -0.4 is 5.73 Å². The number of nitrogens with two attached hydrogens (primary N) is 1. The molecule has 96 valence electrons. The van der Waals surface area contributed by atoms with Crippen LogP contribution >= 0.6 is 0 Å². The van der Waals surface area contributed by atoms with Crippen molar-refractivity contribution in [2.75, 3.05) is 6.54 Å². The summed E-state index contributed by atoms with van der Waals surface area (Å²) >= 11 is 0. The first-order valence-electron chi connectivity index (χ1n) is 5.86. The second-order valence-electron chi connectivity index (χ2n) is 4.12. The molecule has 0 aliphatic rings. The van der Waals surface area contributed by atoms with Gasteiger partial charge in [0.2, 0.25) is 0 Å². The third kappa shape index (κ3) is 2.26. The Morgan fingerprint density at radius 2 is 2.00 bits per heavy atom. The number of H-pyrrole nitrogens is 1. The average Bonchev–Trinajstić information content (AvgIpc) is 2.80. The molecule has 0 saturated carbocycles. The number of halogens is 2. The van der Waals surface area contributed by atoms with E-state index in [9.17, 15) is 8.78 Å². The second-order valence-corrected chi connectivity index (χ2v) is 4.12. The molecule has 0 saturated heterocycles. The first-order chi connectivity index (χ1) is 8.67. The molecule has 1 aromatic carbocycles. The van der Waals surface area contributed by atoms with Crippen molar-refractivity contribution >= 4 is 0 Å². The standard InChI is InChI=1S/C13H15F2N3/c1-2-8(6-16)13-17-7-11(18-13)12-9(14)4-3-5-10(12)15/h3-5,7-8H,2,6,16H2,1H3,(H,17,18). The number of benzene rings is 1. The van der Waals surface area contributed by atoms with Gasteiger partial charge in [-0.2, -0.15) is 0 Å². The van der Waals surface area contributed by atoms with Crippen LogP contribution in [-0.4, -0.2) is 16.5 Å². The SMILES string of the molecule is CCC(CN)c1ncc(-c2c(F)cccc2F)[nH]1. The van der Waals surface area contributed by atoms with Gasteiger partial charge in [-0.25, -0.2) is 13.8 Å².